The van der Waals surface area contributed by atoms with Gasteiger partial charge in [0.15, 0.2) is 0 Å². The van der Waals surface area contributed by atoms with Gasteiger partial charge in [-0.2, -0.15) is 0 Å². The molecular weight excluding hydrogens is 305 g/mol. The van der Waals surface area contributed by atoms with Crippen LogP contribution < -0.4 is 16.0 Å². The Morgan fingerprint density at radius 2 is 2.04 bits per heavy atom. The standard InChI is InChI=1S/C19H22FN3O/c1-13-4-2-5-14(12-13)18(17-6-3-11-21-17)23-19(24)22-16-9-7-15(20)8-10-16/h2,4-5,7-10,12,17-18,21H,3,6,11H2,1H3,(H2,22,23,24)/t17-,18?/m0/s1. The Bertz CT molecular complexity index is 696. The molecule has 1 saturated heterocycles. The average molecular weight is 327 g/mol. The van der Waals surface area contributed by atoms with E-state index in [2.05, 4.69) is 22.0 Å². The number of halogens is 1. The summed E-state index contributed by atoms with van der Waals surface area (Å²) in [6, 6.07) is 13.7. The Hall–Kier alpha value is -2.40. The molecule has 3 rings (SSSR count). The molecule has 4 nitrogen and oxygen atoms in total. The summed E-state index contributed by atoms with van der Waals surface area (Å²) in [5, 5.41) is 9.28. The zero-order chi connectivity index (χ0) is 16.9. The summed E-state index contributed by atoms with van der Waals surface area (Å²) in [5.74, 6) is -0.325. The SMILES string of the molecule is Cc1cccc(C(NC(=O)Nc2ccc(F)cc2)[C@@H]2CCCN2)c1. The van der Waals surface area contributed by atoms with E-state index in [0.29, 0.717) is 5.69 Å². The largest absolute Gasteiger partial charge is 0.329 e. The van der Waals surface area contributed by atoms with Gasteiger partial charge in [-0.3, -0.25) is 0 Å². The minimum absolute atomic E-state index is 0.104. The second kappa shape index (κ2) is 7.45. The van der Waals surface area contributed by atoms with E-state index in [1.54, 1.807) is 12.1 Å². The van der Waals surface area contributed by atoms with E-state index in [0.717, 1.165) is 30.5 Å². The van der Waals surface area contributed by atoms with Crippen molar-refractivity contribution in [2.45, 2.75) is 31.8 Å². The third kappa shape index (κ3) is 4.11. The van der Waals surface area contributed by atoms with Crippen molar-refractivity contribution in [3.05, 3.63) is 65.5 Å². The highest BCUT2D eigenvalue weighted by Crippen LogP contribution is 2.24. The van der Waals surface area contributed by atoms with Crippen LogP contribution in [0.15, 0.2) is 48.5 Å². The smallest absolute Gasteiger partial charge is 0.319 e. The molecule has 1 heterocycles. The van der Waals surface area contributed by atoms with Gasteiger partial charge in [0.25, 0.3) is 0 Å². The minimum Gasteiger partial charge on any atom is -0.329 e. The Morgan fingerprint density at radius 1 is 1.25 bits per heavy atom. The molecule has 5 heteroatoms. The van der Waals surface area contributed by atoms with Crippen molar-refractivity contribution in [1.29, 1.82) is 0 Å². The summed E-state index contributed by atoms with van der Waals surface area (Å²) >= 11 is 0. The number of carbonyl (C=O) groups is 1. The number of hydrogen-bond acceptors (Lipinski definition) is 2. The number of hydrogen-bond donors (Lipinski definition) is 3. The number of nitrogens with one attached hydrogen (secondary N) is 3. The van der Waals surface area contributed by atoms with Crippen molar-refractivity contribution in [3.63, 3.8) is 0 Å². The number of anilines is 1. The lowest BCUT2D eigenvalue weighted by Gasteiger charge is -2.26. The first kappa shape index (κ1) is 16.5. The molecule has 3 N–H and O–H groups in total. The summed E-state index contributed by atoms with van der Waals surface area (Å²) < 4.78 is 13.0. The Morgan fingerprint density at radius 3 is 2.71 bits per heavy atom. The molecule has 1 fully saturated rings. The predicted octanol–water partition coefficient (Wildman–Crippen LogP) is 3.75. The minimum atomic E-state index is -0.325. The van der Waals surface area contributed by atoms with Crippen LogP contribution in [-0.4, -0.2) is 18.6 Å². The molecule has 2 amide bonds. The monoisotopic (exact) mass is 327 g/mol. The Labute approximate surface area is 141 Å². The van der Waals surface area contributed by atoms with Crippen molar-refractivity contribution < 1.29 is 9.18 Å². The van der Waals surface area contributed by atoms with Crippen LogP contribution in [0.25, 0.3) is 0 Å². The first-order chi connectivity index (χ1) is 11.6. The lowest BCUT2D eigenvalue weighted by atomic mass is 9.97. The van der Waals surface area contributed by atoms with Gasteiger partial charge in [0.05, 0.1) is 6.04 Å². The van der Waals surface area contributed by atoms with E-state index in [9.17, 15) is 9.18 Å². The van der Waals surface area contributed by atoms with Crippen molar-refractivity contribution in [3.8, 4) is 0 Å². The van der Waals surface area contributed by atoms with Gasteiger partial charge < -0.3 is 16.0 Å². The molecule has 0 aliphatic carbocycles. The van der Waals surface area contributed by atoms with Crippen LogP contribution in [0.5, 0.6) is 0 Å². The van der Waals surface area contributed by atoms with Crippen molar-refractivity contribution >= 4 is 11.7 Å². The molecule has 24 heavy (non-hydrogen) atoms. The van der Waals surface area contributed by atoms with Crippen LogP contribution in [0.3, 0.4) is 0 Å². The quantitative estimate of drug-likeness (QED) is 0.801. The maximum atomic E-state index is 13.0. The van der Waals surface area contributed by atoms with Crippen LogP contribution in [0.2, 0.25) is 0 Å². The zero-order valence-corrected chi connectivity index (χ0v) is 13.7. The zero-order valence-electron chi connectivity index (χ0n) is 13.7. The lowest BCUT2D eigenvalue weighted by molar-refractivity contribution is 0.245. The molecule has 2 aromatic rings. The van der Waals surface area contributed by atoms with E-state index >= 15 is 0 Å². The number of urea groups is 1. The molecule has 1 aliphatic rings. The first-order valence-corrected chi connectivity index (χ1v) is 8.25. The maximum absolute atomic E-state index is 13.0. The molecule has 0 radical (unpaired) electrons. The summed E-state index contributed by atoms with van der Waals surface area (Å²) in [7, 11) is 0. The van der Waals surface area contributed by atoms with Gasteiger partial charge in [-0.1, -0.05) is 29.8 Å². The van der Waals surface area contributed by atoms with E-state index in [4.69, 9.17) is 0 Å². The fourth-order valence-corrected chi connectivity index (χ4v) is 3.12. The van der Waals surface area contributed by atoms with Crippen LogP contribution in [0, 0.1) is 12.7 Å². The average Bonchev–Trinajstić information content (AvgIpc) is 3.09. The van der Waals surface area contributed by atoms with Crippen molar-refractivity contribution in [1.82, 2.24) is 10.6 Å². The van der Waals surface area contributed by atoms with Gasteiger partial charge in [0.1, 0.15) is 5.82 Å². The lowest BCUT2D eigenvalue weighted by Crippen LogP contribution is -2.42. The van der Waals surface area contributed by atoms with Gasteiger partial charge in [0.2, 0.25) is 0 Å². The molecular formula is C19H22FN3O. The van der Waals surface area contributed by atoms with Crippen molar-refractivity contribution in [2.75, 3.05) is 11.9 Å². The molecule has 2 aromatic carbocycles. The normalized spacial score (nSPS) is 18.2. The Balaban J connectivity index is 1.73. The highest BCUT2D eigenvalue weighted by molar-refractivity contribution is 5.89. The summed E-state index contributed by atoms with van der Waals surface area (Å²) in [5.41, 5.74) is 2.82. The second-order valence-corrected chi connectivity index (χ2v) is 6.20. The van der Waals surface area contributed by atoms with Gasteiger partial charge >= 0.3 is 6.03 Å². The fraction of sp³-hybridized carbons (Fsp3) is 0.316. The highest BCUT2D eigenvalue weighted by Gasteiger charge is 2.27. The highest BCUT2D eigenvalue weighted by atomic mass is 19.1. The fourth-order valence-electron chi connectivity index (χ4n) is 3.12. The summed E-state index contributed by atoms with van der Waals surface area (Å²) in [6.07, 6.45) is 2.13. The van der Waals surface area contributed by atoms with Gasteiger partial charge in [-0.15, -0.1) is 0 Å². The predicted molar refractivity (Wildman–Crippen MR) is 93.5 cm³/mol. The number of aryl methyl sites for hydroxylation is 1. The van der Waals surface area contributed by atoms with E-state index in [-0.39, 0.29) is 23.9 Å². The third-order valence-electron chi connectivity index (χ3n) is 4.29. The van der Waals surface area contributed by atoms with Crippen LogP contribution in [0.1, 0.15) is 30.0 Å². The summed E-state index contributed by atoms with van der Waals surface area (Å²) in [6.45, 7) is 3.01. The maximum Gasteiger partial charge on any atom is 0.319 e. The third-order valence-corrected chi connectivity index (χ3v) is 4.29. The number of amides is 2. The first-order valence-electron chi connectivity index (χ1n) is 8.25. The molecule has 126 valence electrons. The molecule has 0 spiro atoms. The van der Waals surface area contributed by atoms with Gasteiger partial charge in [-0.05, 0) is 56.1 Å². The van der Waals surface area contributed by atoms with E-state index < -0.39 is 0 Å². The molecule has 1 unspecified atom stereocenters. The molecule has 2 atom stereocenters. The van der Waals surface area contributed by atoms with Crippen LogP contribution in [0.4, 0.5) is 14.9 Å². The number of rotatable bonds is 4. The molecule has 0 bridgehead atoms. The topological polar surface area (TPSA) is 53.2 Å². The number of benzene rings is 2. The summed E-state index contributed by atoms with van der Waals surface area (Å²) in [4.78, 5) is 12.4. The molecule has 0 saturated carbocycles. The van der Waals surface area contributed by atoms with E-state index in [1.807, 2.05) is 25.1 Å². The van der Waals surface area contributed by atoms with Crippen LogP contribution >= 0.6 is 0 Å². The molecule has 0 aromatic heterocycles. The van der Waals surface area contributed by atoms with Gasteiger partial charge in [-0.25, -0.2) is 9.18 Å². The van der Waals surface area contributed by atoms with E-state index in [1.165, 1.54) is 12.1 Å². The van der Waals surface area contributed by atoms with Crippen LogP contribution in [-0.2, 0) is 0 Å². The number of carbonyl (C=O) groups excluding carboxylic acids is 1. The van der Waals surface area contributed by atoms with Gasteiger partial charge in [0, 0.05) is 11.7 Å². The second-order valence-electron chi connectivity index (χ2n) is 6.20. The molecule has 1 aliphatic heterocycles. The van der Waals surface area contributed by atoms with Crippen molar-refractivity contribution in [2.24, 2.45) is 0 Å². The Kier molecular flexibility index (Phi) is 5.11.